The molecule has 1 aromatic heterocycles. The van der Waals surface area contributed by atoms with Crippen LogP contribution in [0.2, 0.25) is 10.0 Å². The maximum absolute atomic E-state index is 13.2. The Morgan fingerprint density at radius 3 is 2.31 bits per heavy atom. The van der Waals surface area contributed by atoms with Crippen molar-refractivity contribution in [1.29, 1.82) is 0 Å². The maximum Gasteiger partial charge on any atom is 0.416 e. The van der Waals surface area contributed by atoms with Crippen LogP contribution in [0.5, 0.6) is 5.75 Å². The van der Waals surface area contributed by atoms with Crippen molar-refractivity contribution in [2.75, 3.05) is 7.11 Å². The molecule has 6 nitrogen and oxygen atoms in total. The summed E-state index contributed by atoms with van der Waals surface area (Å²) in [5.74, 6) is -2.38. The smallest absolute Gasteiger partial charge is 0.416 e. The van der Waals surface area contributed by atoms with Crippen LogP contribution in [0, 0.1) is 0 Å². The zero-order valence-corrected chi connectivity index (χ0v) is 20.0. The zero-order chi connectivity index (χ0) is 26.2. The van der Waals surface area contributed by atoms with Crippen molar-refractivity contribution >= 4 is 40.7 Å². The number of ketones is 1. The molecule has 1 aliphatic rings. The number of hydrogen-bond donors (Lipinski definition) is 1. The molecule has 3 aromatic rings. The third-order valence-electron chi connectivity index (χ3n) is 5.64. The number of carbonyl (C=O) groups excluding carboxylic acids is 2. The van der Waals surface area contributed by atoms with Gasteiger partial charge in [0.25, 0.3) is 11.7 Å². The van der Waals surface area contributed by atoms with Gasteiger partial charge in [0.2, 0.25) is 0 Å². The first-order valence-corrected chi connectivity index (χ1v) is 11.2. The monoisotopic (exact) mass is 536 g/mol. The van der Waals surface area contributed by atoms with E-state index in [4.69, 9.17) is 27.9 Å². The standard InChI is InChI=1S/C25H17Cl2F3N2O4/c1-36-23-17(26)10-15(11-18(23)27)21(33)19-20(14-5-7-31-8-6-14)32(24(35)22(19)34)12-13-3-2-4-16(9-13)25(28,29)30/h2-11,20,33H,12H2,1H3/b21-19+. The van der Waals surface area contributed by atoms with E-state index in [0.717, 1.165) is 17.0 Å². The number of hydrogen-bond acceptors (Lipinski definition) is 5. The van der Waals surface area contributed by atoms with Crippen molar-refractivity contribution in [1.82, 2.24) is 9.88 Å². The summed E-state index contributed by atoms with van der Waals surface area (Å²) in [6.45, 7) is -0.317. The Morgan fingerprint density at radius 1 is 1.08 bits per heavy atom. The van der Waals surface area contributed by atoms with Crippen molar-refractivity contribution in [3.05, 3.63) is 98.8 Å². The molecule has 36 heavy (non-hydrogen) atoms. The summed E-state index contributed by atoms with van der Waals surface area (Å²) >= 11 is 12.4. The third-order valence-corrected chi connectivity index (χ3v) is 6.21. The first-order valence-electron chi connectivity index (χ1n) is 10.4. The Kier molecular flexibility index (Phi) is 6.97. The Morgan fingerprint density at radius 2 is 1.72 bits per heavy atom. The molecule has 1 unspecified atom stereocenters. The molecule has 1 fully saturated rings. The summed E-state index contributed by atoms with van der Waals surface area (Å²) in [5.41, 5.74) is -0.526. The molecule has 0 aliphatic carbocycles. The summed E-state index contributed by atoms with van der Waals surface area (Å²) in [6.07, 6.45) is -1.72. The Balaban J connectivity index is 1.85. The number of methoxy groups -OCH3 is 1. The second kappa shape index (κ2) is 9.83. The Labute approximate surface area is 213 Å². The van der Waals surface area contributed by atoms with E-state index in [1.165, 1.54) is 55.9 Å². The van der Waals surface area contributed by atoms with Crippen LogP contribution in [-0.2, 0) is 22.3 Å². The second-order valence-electron chi connectivity index (χ2n) is 7.88. The summed E-state index contributed by atoms with van der Waals surface area (Å²) in [6, 6.07) is 9.08. The quantitative estimate of drug-likeness (QED) is 0.244. The van der Waals surface area contributed by atoms with E-state index in [9.17, 15) is 27.9 Å². The SMILES string of the molecule is COc1c(Cl)cc(/C(O)=C2\C(=O)C(=O)N(Cc3cccc(C(F)(F)F)c3)C2c2ccncc2)cc1Cl. The number of likely N-dealkylation sites (tertiary alicyclic amines) is 1. The van der Waals surface area contributed by atoms with Gasteiger partial charge in [-0.3, -0.25) is 14.6 Å². The molecule has 0 saturated carbocycles. The number of rotatable bonds is 5. The number of nitrogens with zero attached hydrogens (tertiary/aromatic N) is 2. The lowest BCUT2D eigenvalue weighted by atomic mass is 9.95. The van der Waals surface area contributed by atoms with Gasteiger partial charge in [0.1, 0.15) is 5.76 Å². The van der Waals surface area contributed by atoms with E-state index in [1.54, 1.807) is 0 Å². The minimum Gasteiger partial charge on any atom is -0.507 e. The summed E-state index contributed by atoms with van der Waals surface area (Å²) in [7, 11) is 1.36. The minimum absolute atomic E-state index is 0.0573. The Bertz CT molecular complexity index is 1350. The van der Waals surface area contributed by atoms with Gasteiger partial charge >= 0.3 is 6.18 Å². The minimum atomic E-state index is -4.58. The Hall–Kier alpha value is -3.56. The highest BCUT2D eigenvalue weighted by Crippen LogP contribution is 2.42. The number of ether oxygens (including phenoxy) is 1. The van der Waals surface area contributed by atoms with Gasteiger partial charge in [0.15, 0.2) is 5.75 Å². The predicted octanol–water partition coefficient (Wildman–Crippen LogP) is 6.04. The number of benzene rings is 2. The van der Waals surface area contributed by atoms with Gasteiger partial charge in [0, 0.05) is 24.5 Å². The normalized spacial score (nSPS) is 17.5. The molecule has 0 bridgehead atoms. The number of halogens is 5. The summed E-state index contributed by atoms with van der Waals surface area (Å²) in [4.78, 5) is 31.2. The first kappa shape index (κ1) is 25.5. The fraction of sp³-hybridized carbons (Fsp3) is 0.160. The number of amides is 1. The number of Topliss-reactive ketones (excluding diaryl/α,β-unsaturated/α-hetero) is 1. The first-order chi connectivity index (χ1) is 17.0. The van der Waals surface area contributed by atoms with Crippen molar-refractivity contribution in [2.45, 2.75) is 18.8 Å². The van der Waals surface area contributed by atoms with Crippen LogP contribution in [0.3, 0.4) is 0 Å². The molecule has 1 amide bonds. The summed E-state index contributed by atoms with van der Waals surface area (Å²) < 4.78 is 44.8. The molecule has 0 spiro atoms. The van der Waals surface area contributed by atoms with Crippen LogP contribution in [-0.4, -0.2) is 33.8 Å². The van der Waals surface area contributed by atoms with Crippen LogP contribution in [0.4, 0.5) is 13.2 Å². The zero-order valence-electron chi connectivity index (χ0n) is 18.5. The maximum atomic E-state index is 13.2. The molecule has 11 heteroatoms. The fourth-order valence-corrected chi connectivity index (χ4v) is 4.67. The lowest BCUT2D eigenvalue weighted by Crippen LogP contribution is -2.29. The van der Waals surface area contributed by atoms with Crippen molar-refractivity contribution in [3.8, 4) is 5.75 Å². The topological polar surface area (TPSA) is 79.7 Å². The van der Waals surface area contributed by atoms with Crippen LogP contribution in [0.15, 0.2) is 66.5 Å². The number of aliphatic hydroxyl groups excluding tert-OH is 1. The van der Waals surface area contributed by atoms with E-state index >= 15 is 0 Å². The summed E-state index contributed by atoms with van der Waals surface area (Å²) in [5, 5.41) is 11.3. The van der Waals surface area contributed by atoms with E-state index in [1.807, 2.05) is 0 Å². The van der Waals surface area contributed by atoms with Gasteiger partial charge in [-0.2, -0.15) is 13.2 Å². The predicted molar refractivity (Wildman–Crippen MR) is 127 cm³/mol. The van der Waals surface area contributed by atoms with E-state index in [2.05, 4.69) is 4.98 Å². The van der Waals surface area contributed by atoms with Gasteiger partial charge in [-0.1, -0.05) is 35.3 Å². The number of pyridine rings is 1. The largest absolute Gasteiger partial charge is 0.507 e. The molecule has 0 radical (unpaired) electrons. The van der Waals surface area contributed by atoms with Crippen molar-refractivity contribution in [3.63, 3.8) is 0 Å². The van der Waals surface area contributed by atoms with Crippen molar-refractivity contribution < 1.29 is 32.6 Å². The highest BCUT2D eigenvalue weighted by Gasteiger charge is 2.46. The van der Waals surface area contributed by atoms with E-state index in [-0.39, 0.29) is 39.0 Å². The molecule has 2 aromatic carbocycles. The molecule has 4 rings (SSSR count). The molecule has 2 heterocycles. The molecular weight excluding hydrogens is 520 g/mol. The molecular formula is C25H17Cl2F3N2O4. The number of aliphatic hydroxyl groups is 1. The van der Waals surface area contributed by atoms with Gasteiger partial charge in [-0.05, 0) is 47.5 Å². The van der Waals surface area contributed by atoms with Gasteiger partial charge in [0.05, 0.1) is 34.3 Å². The van der Waals surface area contributed by atoms with Crippen molar-refractivity contribution in [2.24, 2.45) is 0 Å². The van der Waals surface area contributed by atoms with Crippen LogP contribution in [0.25, 0.3) is 5.76 Å². The van der Waals surface area contributed by atoms with Gasteiger partial charge in [-0.25, -0.2) is 0 Å². The van der Waals surface area contributed by atoms with Crippen LogP contribution < -0.4 is 4.74 Å². The lowest BCUT2D eigenvalue weighted by molar-refractivity contribution is -0.140. The average Bonchev–Trinajstić information content (AvgIpc) is 3.08. The van der Waals surface area contributed by atoms with E-state index < -0.39 is 35.2 Å². The highest BCUT2D eigenvalue weighted by atomic mass is 35.5. The fourth-order valence-electron chi connectivity index (χ4n) is 4.03. The molecule has 1 N–H and O–H groups in total. The third kappa shape index (κ3) is 4.76. The van der Waals surface area contributed by atoms with E-state index in [0.29, 0.717) is 5.56 Å². The molecule has 1 atom stereocenters. The average molecular weight is 537 g/mol. The second-order valence-corrected chi connectivity index (χ2v) is 8.69. The molecule has 186 valence electrons. The lowest BCUT2D eigenvalue weighted by Gasteiger charge is -2.25. The number of alkyl halides is 3. The highest BCUT2D eigenvalue weighted by molar-refractivity contribution is 6.46. The number of carbonyl (C=O) groups is 2. The van der Waals surface area contributed by atoms with Gasteiger partial charge < -0.3 is 14.7 Å². The van der Waals surface area contributed by atoms with Crippen LogP contribution >= 0.6 is 23.2 Å². The number of aromatic nitrogens is 1. The van der Waals surface area contributed by atoms with Gasteiger partial charge in [-0.15, -0.1) is 0 Å². The molecule has 1 saturated heterocycles. The molecule has 1 aliphatic heterocycles. The van der Waals surface area contributed by atoms with Crippen LogP contribution in [0.1, 0.15) is 28.3 Å².